The number of ether oxygens (including phenoxy) is 1. The number of halogens is 3. The van der Waals surface area contributed by atoms with Gasteiger partial charge in [-0.25, -0.2) is 0 Å². The lowest BCUT2D eigenvalue weighted by molar-refractivity contribution is -0.137. The van der Waals surface area contributed by atoms with Gasteiger partial charge >= 0.3 is 6.18 Å². The molecule has 2 aromatic carbocycles. The van der Waals surface area contributed by atoms with Crippen molar-refractivity contribution in [1.29, 1.82) is 0 Å². The Morgan fingerprint density at radius 3 is 2.35 bits per heavy atom. The highest BCUT2D eigenvalue weighted by Crippen LogP contribution is 2.33. The fourth-order valence-corrected chi connectivity index (χ4v) is 1.99. The van der Waals surface area contributed by atoms with Crippen molar-refractivity contribution in [2.75, 3.05) is 7.11 Å². The van der Waals surface area contributed by atoms with Crippen LogP contribution in [0.4, 0.5) is 13.2 Å². The minimum absolute atomic E-state index is 0.260. The maximum absolute atomic E-state index is 12.7. The van der Waals surface area contributed by atoms with E-state index in [1.807, 2.05) is 0 Å². The normalized spacial score (nSPS) is 11.4. The van der Waals surface area contributed by atoms with E-state index in [1.165, 1.54) is 13.2 Å². The average molecular weight is 281 g/mol. The number of hydrogen-bond donors (Lipinski definition) is 1. The molecule has 20 heavy (non-hydrogen) atoms. The first-order valence-corrected chi connectivity index (χ1v) is 6.00. The van der Waals surface area contributed by atoms with E-state index in [1.54, 1.807) is 24.3 Å². The highest BCUT2D eigenvalue weighted by atomic mass is 19.4. The lowest BCUT2D eigenvalue weighted by atomic mass is 10.0. The molecule has 2 aromatic rings. The molecule has 2 N–H and O–H groups in total. The Labute approximate surface area is 115 Å². The summed E-state index contributed by atoms with van der Waals surface area (Å²) in [5.74, 6) is 0.628. The van der Waals surface area contributed by atoms with Crippen molar-refractivity contribution in [1.82, 2.24) is 0 Å². The van der Waals surface area contributed by atoms with Gasteiger partial charge in [-0.1, -0.05) is 18.2 Å². The standard InChI is InChI=1S/C15H14F3NO/c1-20-14-6-5-11(7-12(14)9-19)10-3-2-4-13(8-10)15(16,17)18/h2-8H,9,19H2,1H3. The van der Waals surface area contributed by atoms with Crippen LogP contribution in [-0.4, -0.2) is 7.11 Å². The average Bonchev–Trinajstić information content (AvgIpc) is 2.45. The Balaban J connectivity index is 2.46. The minimum Gasteiger partial charge on any atom is -0.496 e. The van der Waals surface area contributed by atoms with Crippen LogP contribution in [0.5, 0.6) is 5.75 Å². The monoisotopic (exact) mass is 281 g/mol. The number of alkyl halides is 3. The van der Waals surface area contributed by atoms with E-state index in [9.17, 15) is 13.2 Å². The van der Waals surface area contributed by atoms with Gasteiger partial charge in [0.25, 0.3) is 0 Å². The first-order chi connectivity index (χ1) is 9.45. The molecule has 0 aliphatic heterocycles. The number of nitrogens with two attached hydrogens (primary N) is 1. The van der Waals surface area contributed by atoms with Crippen molar-refractivity contribution < 1.29 is 17.9 Å². The predicted octanol–water partition coefficient (Wildman–Crippen LogP) is 3.84. The molecule has 0 fully saturated rings. The Morgan fingerprint density at radius 2 is 1.75 bits per heavy atom. The van der Waals surface area contributed by atoms with Gasteiger partial charge in [0.2, 0.25) is 0 Å². The number of hydrogen-bond acceptors (Lipinski definition) is 2. The largest absolute Gasteiger partial charge is 0.496 e. The third-order valence-corrected chi connectivity index (χ3v) is 3.02. The second-order valence-electron chi connectivity index (χ2n) is 4.31. The number of benzene rings is 2. The summed E-state index contributed by atoms with van der Waals surface area (Å²) in [4.78, 5) is 0. The maximum atomic E-state index is 12.7. The second kappa shape index (κ2) is 5.54. The van der Waals surface area contributed by atoms with Crippen molar-refractivity contribution in [3.63, 3.8) is 0 Å². The zero-order valence-electron chi connectivity index (χ0n) is 10.9. The van der Waals surface area contributed by atoms with Crippen molar-refractivity contribution in [2.45, 2.75) is 12.7 Å². The van der Waals surface area contributed by atoms with E-state index >= 15 is 0 Å². The van der Waals surface area contributed by atoms with Crippen LogP contribution in [0.3, 0.4) is 0 Å². The molecule has 0 spiro atoms. The molecule has 5 heteroatoms. The third-order valence-electron chi connectivity index (χ3n) is 3.02. The lowest BCUT2D eigenvalue weighted by Crippen LogP contribution is -2.04. The highest BCUT2D eigenvalue weighted by molar-refractivity contribution is 5.66. The molecule has 0 heterocycles. The van der Waals surface area contributed by atoms with Crippen molar-refractivity contribution in [2.24, 2.45) is 5.73 Å². The summed E-state index contributed by atoms with van der Waals surface area (Å²) in [6.45, 7) is 0.260. The Kier molecular flexibility index (Phi) is 3.99. The van der Waals surface area contributed by atoms with Crippen LogP contribution in [0.15, 0.2) is 42.5 Å². The molecule has 0 aliphatic carbocycles. The van der Waals surface area contributed by atoms with Gasteiger partial charge < -0.3 is 10.5 Å². The van der Waals surface area contributed by atoms with E-state index in [0.717, 1.165) is 17.7 Å². The second-order valence-corrected chi connectivity index (χ2v) is 4.31. The van der Waals surface area contributed by atoms with Crippen LogP contribution >= 0.6 is 0 Å². The number of methoxy groups -OCH3 is 1. The zero-order chi connectivity index (χ0) is 14.8. The lowest BCUT2D eigenvalue weighted by Gasteiger charge is -2.11. The molecular formula is C15H14F3NO. The summed E-state index contributed by atoms with van der Waals surface area (Å²) in [6.07, 6.45) is -4.35. The molecular weight excluding hydrogens is 267 g/mol. The van der Waals surface area contributed by atoms with Gasteiger partial charge in [0, 0.05) is 12.1 Å². The van der Waals surface area contributed by atoms with Crippen LogP contribution in [-0.2, 0) is 12.7 Å². The van der Waals surface area contributed by atoms with Gasteiger partial charge in [0.05, 0.1) is 12.7 Å². The molecule has 0 bridgehead atoms. The summed E-state index contributed by atoms with van der Waals surface area (Å²) in [6, 6.07) is 10.4. The minimum atomic E-state index is -4.35. The van der Waals surface area contributed by atoms with E-state index in [4.69, 9.17) is 10.5 Å². The van der Waals surface area contributed by atoms with Gasteiger partial charge in [0.1, 0.15) is 5.75 Å². The van der Waals surface area contributed by atoms with Crippen LogP contribution in [0.2, 0.25) is 0 Å². The first-order valence-electron chi connectivity index (χ1n) is 6.00. The van der Waals surface area contributed by atoms with Gasteiger partial charge in [0.15, 0.2) is 0 Å². The summed E-state index contributed by atoms with van der Waals surface area (Å²) < 4.78 is 43.3. The number of rotatable bonds is 3. The summed E-state index contributed by atoms with van der Waals surface area (Å²) in [7, 11) is 1.53. The summed E-state index contributed by atoms with van der Waals surface area (Å²) in [5.41, 5.74) is 6.87. The summed E-state index contributed by atoms with van der Waals surface area (Å²) in [5, 5.41) is 0. The fourth-order valence-electron chi connectivity index (χ4n) is 1.99. The first kappa shape index (κ1) is 14.4. The van der Waals surface area contributed by atoms with E-state index in [2.05, 4.69) is 0 Å². The van der Waals surface area contributed by atoms with Crippen molar-refractivity contribution in [3.05, 3.63) is 53.6 Å². The maximum Gasteiger partial charge on any atom is 0.416 e. The van der Waals surface area contributed by atoms with Crippen molar-refractivity contribution >= 4 is 0 Å². The van der Waals surface area contributed by atoms with Gasteiger partial charge in [-0.15, -0.1) is 0 Å². The van der Waals surface area contributed by atoms with E-state index in [-0.39, 0.29) is 6.54 Å². The Bertz CT molecular complexity index is 608. The smallest absolute Gasteiger partial charge is 0.416 e. The molecule has 0 unspecified atom stereocenters. The molecule has 0 aliphatic rings. The molecule has 106 valence electrons. The molecule has 0 atom stereocenters. The SMILES string of the molecule is COc1ccc(-c2cccc(C(F)(F)F)c2)cc1CN. The van der Waals surface area contributed by atoms with Crippen LogP contribution < -0.4 is 10.5 Å². The molecule has 0 saturated heterocycles. The van der Waals surface area contributed by atoms with Crippen LogP contribution in [0.1, 0.15) is 11.1 Å². The zero-order valence-corrected chi connectivity index (χ0v) is 10.9. The Hall–Kier alpha value is -2.01. The third kappa shape index (κ3) is 2.93. The van der Waals surface area contributed by atoms with Crippen molar-refractivity contribution in [3.8, 4) is 16.9 Å². The fraction of sp³-hybridized carbons (Fsp3) is 0.200. The predicted molar refractivity (Wildman–Crippen MR) is 71.3 cm³/mol. The Morgan fingerprint density at radius 1 is 1.05 bits per heavy atom. The summed E-state index contributed by atoms with van der Waals surface area (Å²) >= 11 is 0. The van der Waals surface area contributed by atoms with Crippen LogP contribution in [0, 0.1) is 0 Å². The van der Waals surface area contributed by atoms with Gasteiger partial charge in [-0.05, 0) is 35.4 Å². The van der Waals surface area contributed by atoms with Gasteiger partial charge in [-0.3, -0.25) is 0 Å². The molecule has 0 aromatic heterocycles. The molecule has 2 nitrogen and oxygen atoms in total. The molecule has 0 saturated carbocycles. The van der Waals surface area contributed by atoms with Crippen LogP contribution in [0.25, 0.3) is 11.1 Å². The van der Waals surface area contributed by atoms with E-state index < -0.39 is 11.7 Å². The topological polar surface area (TPSA) is 35.2 Å². The quantitative estimate of drug-likeness (QED) is 0.927. The molecule has 0 amide bonds. The molecule has 2 rings (SSSR count). The van der Waals surface area contributed by atoms with E-state index in [0.29, 0.717) is 16.9 Å². The van der Waals surface area contributed by atoms with Gasteiger partial charge in [-0.2, -0.15) is 13.2 Å². The molecule has 0 radical (unpaired) electrons. The highest BCUT2D eigenvalue weighted by Gasteiger charge is 2.30.